The summed E-state index contributed by atoms with van der Waals surface area (Å²) in [4.78, 5) is 26.0. The number of nitrogens with zero attached hydrogens (tertiary/aromatic N) is 1. The Balaban J connectivity index is 1.62. The molecule has 0 aromatic heterocycles. The van der Waals surface area contributed by atoms with Crippen molar-refractivity contribution in [3.05, 3.63) is 35.9 Å². The van der Waals surface area contributed by atoms with Crippen LogP contribution in [0.1, 0.15) is 18.4 Å². The van der Waals surface area contributed by atoms with E-state index in [-0.39, 0.29) is 11.4 Å². The minimum absolute atomic E-state index is 0.0238. The van der Waals surface area contributed by atoms with Gasteiger partial charge in [0.2, 0.25) is 0 Å². The minimum atomic E-state index is -0.664. The largest absolute Gasteiger partial charge is 0.468 e. The molecule has 2 unspecified atom stereocenters. The summed E-state index contributed by atoms with van der Waals surface area (Å²) in [6.45, 7) is 3.64. The zero-order chi connectivity index (χ0) is 18.4. The molecule has 2 aliphatic rings. The van der Waals surface area contributed by atoms with Crippen molar-refractivity contribution in [3.63, 3.8) is 0 Å². The number of Topliss-reactive ketones (excluding diaryl/α,β-unsaturated/α-hetero) is 1. The van der Waals surface area contributed by atoms with Crippen LogP contribution >= 0.6 is 0 Å². The first-order valence-electron chi connectivity index (χ1n) is 9.20. The molecule has 2 saturated heterocycles. The molecule has 6 heteroatoms. The van der Waals surface area contributed by atoms with Crippen molar-refractivity contribution in [1.82, 2.24) is 4.90 Å². The molecule has 0 saturated carbocycles. The number of carbonyl (C=O) groups excluding carboxylic acids is 2. The number of likely N-dealkylation sites (tertiary alicyclic amines) is 1. The average Bonchev–Trinajstić information content (AvgIpc) is 2.68. The highest BCUT2D eigenvalue weighted by Crippen LogP contribution is 2.27. The van der Waals surface area contributed by atoms with Crippen molar-refractivity contribution in [3.8, 4) is 0 Å². The molecule has 1 aromatic carbocycles. The number of carbonyl (C=O) groups is 2. The van der Waals surface area contributed by atoms with E-state index < -0.39 is 11.9 Å². The molecular weight excluding hydrogens is 334 g/mol. The standard InChI is InChI=1S/C20H27NO5/c1-24-19(23)17-14-21(9-7-18(17)22)10-8-20(15-25-11-12-26-20)13-16-5-3-2-4-6-16/h2-6,17H,7-15H2,1H3. The topological polar surface area (TPSA) is 65.1 Å². The lowest BCUT2D eigenvalue weighted by Crippen LogP contribution is -2.50. The number of esters is 1. The highest BCUT2D eigenvalue weighted by molar-refractivity contribution is 5.99. The van der Waals surface area contributed by atoms with E-state index in [0.29, 0.717) is 39.3 Å². The fourth-order valence-electron chi connectivity index (χ4n) is 3.73. The number of hydrogen-bond acceptors (Lipinski definition) is 6. The molecule has 6 nitrogen and oxygen atoms in total. The van der Waals surface area contributed by atoms with Crippen LogP contribution in [0.2, 0.25) is 0 Å². The van der Waals surface area contributed by atoms with Crippen LogP contribution in [0.3, 0.4) is 0 Å². The van der Waals surface area contributed by atoms with Crippen LogP contribution in [-0.2, 0) is 30.2 Å². The number of ketones is 1. The van der Waals surface area contributed by atoms with Gasteiger partial charge in [0.1, 0.15) is 11.7 Å². The molecule has 0 bridgehead atoms. The summed E-state index contributed by atoms with van der Waals surface area (Å²) in [5.74, 6) is -1.12. The second kappa shape index (κ2) is 8.75. The zero-order valence-electron chi connectivity index (χ0n) is 15.3. The Morgan fingerprint density at radius 1 is 1.31 bits per heavy atom. The van der Waals surface area contributed by atoms with Gasteiger partial charge in [-0.05, 0) is 12.0 Å². The maximum atomic E-state index is 12.0. The smallest absolute Gasteiger partial charge is 0.317 e. The van der Waals surface area contributed by atoms with Crippen molar-refractivity contribution in [2.45, 2.75) is 24.9 Å². The van der Waals surface area contributed by atoms with Gasteiger partial charge in [-0.25, -0.2) is 0 Å². The van der Waals surface area contributed by atoms with Crippen LogP contribution in [0.25, 0.3) is 0 Å². The lowest BCUT2D eigenvalue weighted by molar-refractivity contribution is -0.163. The second-order valence-corrected chi connectivity index (χ2v) is 7.09. The lowest BCUT2D eigenvalue weighted by Gasteiger charge is -2.39. The van der Waals surface area contributed by atoms with E-state index in [4.69, 9.17) is 14.2 Å². The monoisotopic (exact) mass is 361 g/mol. The first-order chi connectivity index (χ1) is 12.6. The average molecular weight is 361 g/mol. The second-order valence-electron chi connectivity index (χ2n) is 7.09. The Kier molecular flexibility index (Phi) is 6.40. The van der Waals surface area contributed by atoms with Crippen molar-refractivity contribution in [2.75, 3.05) is 46.6 Å². The molecule has 0 radical (unpaired) electrons. The van der Waals surface area contributed by atoms with Crippen LogP contribution in [0, 0.1) is 5.92 Å². The summed E-state index contributed by atoms with van der Waals surface area (Å²) >= 11 is 0. The van der Waals surface area contributed by atoms with E-state index in [1.54, 1.807) is 0 Å². The Morgan fingerprint density at radius 2 is 2.12 bits per heavy atom. The number of methoxy groups -OCH3 is 1. The van der Waals surface area contributed by atoms with Crippen molar-refractivity contribution in [1.29, 1.82) is 0 Å². The fraction of sp³-hybridized carbons (Fsp3) is 0.600. The maximum absolute atomic E-state index is 12.0. The lowest BCUT2D eigenvalue weighted by atomic mass is 9.89. The molecule has 2 aliphatic heterocycles. The zero-order valence-corrected chi connectivity index (χ0v) is 15.3. The molecule has 0 N–H and O–H groups in total. The van der Waals surface area contributed by atoms with Gasteiger partial charge in [-0.2, -0.15) is 0 Å². The van der Waals surface area contributed by atoms with Crippen LogP contribution in [0.15, 0.2) is 30.3 Å². The molecule has 142 valence electrons. The van der Waals surface area contributed by atoms with Crippen molar-refractivity contribution in [2.24, 2.45) is 5.92 Å². The van der Waals surface area contributed by atoms with Crippen LogP contribution in [0.5, 0.6) is 0 Å². The van der Waals surface area contributed by atoms with E-state index >= 15 is 0 Å². The minimum Gasteiger partial charge on any atom is -0.468 e. The Morgan fingerprint density at radius 3 is 2.81 bits per heavy atom. The third-order valence-corrected chi connectivity index (χ3v) is 5.24. The maximum Gasteiger partial charge on any atom is 0.317 e. The van der Waals surface area contributed by atoms with E-state index in [2.05, 4.69) is 17.0 Å². The van der Waals surface area contributed by atoms with E-state index in [9.17, 15) is 9.59 Å². The predicted octanol–water partition coefficient (Wildman–Crippen LogP) is 1.47. The van der Waals surface area contributed by atoms with E-state index in [1.165, 1.54) is 12.7 Å². The molecule has 0 amide bonds. The van der Waals surface area contributed by atoms with Crippen molar-refractivity contribution >= 4 is 11.8 Å². The SMILES string of the molecule is COC(=O)C1CN(CCC2(Cc3ccccc3)COCCO2)CCC1=O. The summed E-state index contributed by atoms with van der Waals surface area (Å²) in [5, 5.41) is 0. The summed E-state index contributed by atoms with van der Waals surface area (Å²) in [6, 6.07) is 10.3. The molecule has 2 heterocycles. The molecule has 2 fully saturated rings. The summed E-state index contributed by atoms with van der Waals surface area (Å²) in [6.07, 6.45) is 1.98. The van der Waals surface area contributed by atoms with Crippen LogP contribution in [-0.4, -0.2) is 68.8 Å². The number of piperidine rings is 1. The van der Waals surface area contributed by atoms with Gasteiger partial charge >= 0.3 is 5.97 Å². The number of hydrogen-bond donors (Lipinski definition) is 0. The van der Waals surface area contributed by atoms with Gasteiger partial charge in [0.15, 0.2) is 0 Å². The summed E-state index contributed by atoms with van der Waals surface area (Å²) in [5.41, 5.74) is 0.862. The Labute approximate surface area is 154 Å². The third-order valence-electron chi connectivity index (χ3n) is 5.24. The summed E-state index contributed by atoms with van der Waals surface area (Å²) in [7, 11) is 1.33. The van der Waals surface area contributed by atoms with E-state index in [0.717, 1.165) is 19.4 Å². The molecule has 1 aromatic rings. The quantitative estimate of drug-likeness (QED) is 0.565. The Hall–Kier alpha value is -1.76. The van der Waals surface area contributed by atoms with Gasteiger partial charge in [-0.3, -0.25) is 9.59 Å². The molecular formula is C20H27NO5. The van der Waals surface area contributed by atoms with Gasteiger partial charge in [0.25, 0.3) is 0 Å². The first kappa shape index (κ1) is 19.0. The molecule has 3 rings (SSSR count). The molecule has 2 atom stereocenters. The van der Waals surface area contributed by atoms with Gasteiger partial charge in [-0.15, -0.1) is 0 Å². The predicted molar refractivity (Wildman–Crippen MR) is 95.8 cm³/mol. The number of ether oxygens (including phenoxy) is 3. The summed E-state index contributed by atoms with van der Waals surface area (Å²) < 4.78 is 16.7. The number of benzene rings is 1. The molecule has 0 aliphatic carbocycles. The van der Waals surface area contributed by atoms with Crippen molar-refractivity contribution < 1.29 is 23.8 Å². The molecule has 0 spiro atoms. The van der Waals surface area contributed by atoms with Crippen LogP contribution in [0.4, 0.5) is 0 Å². The van der Waals surface area contributed by atoms with E-state index in [1.807, 2.05) is 18.2 Å². The number of rotatable bonds is 6. The highest BCUT2D eigenvalue weighted by atomic mass is 16.6. The van der Waals surface area contributed by atoms with Gasteiger partial charge in [-0.1, -0.05) is 30.3 Å². The fourth-order valence-corrected chi connectivity index (χ4v) is 3.73. The highest BCUT2D eigenvalue weighted by Gasteiger charge is 2.37. The third kappa shape index (κ3) is 4.69. The normalized spacial score (nSPS) is 27.3. The van der Waals surface area contributed by atoms with Gasteiger partial charge < -0.3 is 19.1 Å². The Bertz CT molecular complexity index is 604. The van der Waals surface area contributed by atoms with Crippen LogP contribution < -0.4 is 0 Å². The van der Waals surface area contributed by atoms with Gasteiger partial charge in [0.05, 0.1) is 32.5 Å². The molecule has 26 heavy (non-hydrogen) atoms. The first-order valence-corrected chi connectivity index (χ1v) is 9.20. The van der Waals surface area contributed by atoms with Gasteiger partial charge in [0, 0.05) is 32.5 Å².